The fourth-order valence-electron chi connectivity index (χ4n) is 4.58. The summed E-state index contributed by atoms with van der Waals surface area (Å²) in [6.45, 7) is 1.65. The molecule has 4 heterocycles. The molecule has 2 aromatic heterocycles. The molecule has 0 spiro atoms. The number of aliphatic hydroxyl groups excluding tert-OH is 1. The van der Waals surface area contributed by atoms with Crippen LogP contribution in [0.5, 0.6) is 5.88 Å². The summed E-state index contributed by atoms with van der Waals surface area (Å²) in [6.07, 6.45) is -1.25. The topological polar surface area (TPSA) is 99.6 Å². The van der Waals surface area contributed by atoms with Crippen molar-refractivity contribution >= 4 is 59.2 Å². The van der Waals surface area contributed by atoms with Crippen LogP contribution in [0.4, 0.5) is 10.2 Å². The predicted octanol–water partition coefficient (Wildman–Crippen LogP) is 3.76. The Morgan fingerprint density at radius 1 is 1.24 bits per heavy atom. The van der Waals surface area contributed by atoms with Gasteiger partial charge in [0.1, 0.15) is 12.0 Å². The summed E-state index contributed by atoms with van der Waals surface area (Å²) >= 11 is 1.47. The molecule has 0 bridgehead atoms. The van der Waals surface area contributed by atoms with E-state index in [-0.39, 0.29) is 43.3 Å². The third kappa shape index (κ3) is 6.81. The lowest BCUT2D eigenvalue weighted by atomic mass is 10.0. The summed E-state index contributed by atoms with van der Waals surface area (Å²) in [7, 11) is 1.56. The average Bonchev–Trinajstić information content (AvgIpc) is 2.87. The number of methoxy groups -OCH3 is 1. The van der Waals surface area contributed by atoms with Crippen molar-refractivity contribution in [3.8, 4) is 5.88 Å². The molecule has 0 aliphatic carbocycles. The molecule has 8 nitrogen and oxygen atoms in total. The van der Waals surface area contributed by atoms with E-state index in [9.17, 15) is 9.90 Å². The third-order valence-electron chi connectivity index (χ3n) is 6.43. The average molecular weight is 571 g/mol. The molecular weight excluding hydrogens is 540 g/mol. The number of fused-ring (bicyclic) bond motifs is 2. The number of β-amino-alcohol motifs (C(OH)–C–C–N with tert-alkyl or cyclic N) is 1. The van der Waals surface area contributed by atoms with E-state index in [0.717, 1.165) is 16.0 Å². The smallest absolute Gasteiger partial charge is 0.235 e. The van der Waals surface area contributed by atoms with E-state index < -0.39 is 12.3 Å². The van der Waals surface area contributed by atoms with Crippen LogP contribution < -0.4 is 15.4 Å². The standard InChI is InChI=1S/C25H28FN5O3S.2ClH/c1-34-23-8-5-15-3-2-4-17(24(15)30-23)20(32)13-31-10-9-19(18(26)12-31)27-11-16-6-7-21-25(28-16)29-22(33)14-35-21;;/h2-8,18-20,27,32H,9-14H2,1H3,(H,28,29,33);2*1H/t18-,19+,20?;;/m1../s1. The van der Waals surface area contributed by atoms with Gasteiger partial charge in [-0.1, -0.05) is 18.2 Å². The Morgan fingerprint density at radius 3 is 2.86 bits per heavy atom. The van der Waals surface area contributed by atoms with Gasteiger partial charge in [0.2, 0.25) is 11.8 Å². The van der Waals surface area contributed by atoms with E-state index in [4.69, 9.17) is 4.74 Å². The highest BCUT2D eigenvalue weighted by Crippen LogP contribution is 2.30. The van der Waals surface area contributed by atoms with Crippen LogP contribution in [0, 0.1) is 0 Å². The molecule has 1 fully saturated rings. The maximum atomic E-state index is 15.0. The predicted molar refractivity (Wildman–Crippen MR) is 148 cm³/mol. The van der Waals surface area contributed by atoms with E-state index in [2.05, 4.69) is 20.6 Å². The van der Waals surface area contributed by atoms with Crippen molar-refractivity contribution in [2.45, 2.75) is 36.2 Å². The van der Waals surface area contributed by atoms with Gasteiger partial charge in [0, 0.05) is 42.7 Å². The van der Waals surface area contributed by atoms with Gasteiger partial charge in [-0.25, -0.2) is 14.4 Å². The van der Waals surface area contributed by atoms with Gasteiger partial charge in [-0.2, -0.15) is 0 Å². The van der Waals surface area contributed by atoms with Crippen molar-refractivity contribution in [2.75, 3.05) is 37.8 Å². The zero-order valence-electron chi connectivity index (χ0n) is 20.2. The number of thioether (sulfide) groups is 1. The minimum Gasteiger partial charge on any atom is -0.481 e. The number of nitrogens with zero attached hydrogens (tertiary/aromatic N) is 3. The van der Waals surface area contributed by atoms with Crippen LogP contribution in [0.3, 0.4) is 0 Å². The van der Waals surface area contributed by atoms with Gasteiger partial charge in [0.15, 0.2) is 0 Å². The largest absolute Gasteiger partial charge is 0.481 e. The number of ether oxygens (including phenoxy) is 1. The van der Waals surface area contributed by atoms with Gasteiger partial charge in [-0.05, 0) is 31.2 Å². The number of halogens is 3. The molecule has 37 heavy (non-hydrogen) atoms. The first-order chi connectivity index (χ1) is 17.0. The Hall–Kier alpha value is -2.21. The lowest BCUT2D eigenvalue weighted by molar-refractivity contribution is -0.113. The Kier molecular flexibility index (Phi) is 10.3. The minimum atomic E-state index is -1.07. The van der Waals surface area contributed by atoms with E-state index in [1.165, 1.54) is 11.8 Å². The van der Waals surface area contributed by atoms with Crippen molar-refractivity contribution in [1.29, 1.82) is 0 Å². The highest BCUT2D eigenvalue weighted by molar-refractivity contribution is 8.00. The van der Waals surface area contributed by atoms with Crippen LogP contribution in [0.1, 0.15) is 23.8 Å². The summed E-state index contributed by atoms with van der Waals surface area (Å²) in [5.41, 5.74) is 2.16. The van der Waals surface area contributed by atoms with E-state index in [1.54, 1.807) is 13.2 Å². The van der Waals surface area contributed by atoms with Crippen LogP contribution in [0.15, 0.2) is 47.4 Å². The van der Waals surface area contributed by atoms with Gasteiger partial charge in [-0.15, -0.1) is 36.6 Å². The number of alkyl halides is 1. The molecular formula is C25H30Cl2FN5O3S. The minimum absolute atomic E-state index is 0. The number of benzene rings is 1. The molecule has 0 radical (unpaired) electrons. The highest BCUT2D eigenvalue weighted by atomic mass is 35.5. The quantitative estimate of drug-likeness (QED) is 0.395. The van der Waals surface area contributed by atoms with Crippen LogP contribution >= 0.6 is 36.6 Å². The Bertz CT molecular complexity index is 1240. The number of nitrogens with one attached hydrogen (secondary N) is 2. The fraction of sp³-hybridized carbons (Fsp3) is 0.400. The fourth-order valence-corrected chi connectivity index (χ4v) is 5.34. The first-order valence-electron chi connectivity index (χ1n) is 11.6. The van der Waals surface area contributed by atoms with Gasteiger partial charge < -0.3 is 20.5 Å². The highest BCUT2D eigenvalue weighted by Gasteiger charge is 2.30. The molecule has 200 valence electrons. The molecule has 5 rings (SSSR count). The third-order valence-corrected chi connectivity index (χ3v) is 7.48. The SMILES string of the molecule is COc1ccc2cccc(C(O)CN3CC[C@H](NCc4ccc5c(n4)NC(=O)CS5)[C@H](F)C3)c2n1.Cl.Cl. The molecule has 1 amide bonds. The van der Waals surface area contributed by atoms with E-state index in [0.29, 0.717) is 54.6 Å². The van der Waals surface area contributed by atoms with Gasteiger partial charge in [0.25, 0.3) is 0 Å². The second kappa shape index (κ2) is 13.0. The zero-order chi connectivity index (χ0) is 24.4. The van der Waals surface area contributed by atoms with Crippen LogP contribution in [-0.4, -0.2) is 70.6 Å². The second-order valence-electron chi connectivity index (χ2n) is 8.83. The number of anilines is 1. The number of hydrogen-bond donors (Lipinski definition) is 3. The normalized spacial score (nSPS) is 20.2. The molecule has 1 aromatic carbocycles. The molecule has 3 atom stereocenters. The molecule has 1 saturated heterocycles. The molecule has 12 heteroatoms. The number of aromatic nitrogens is 2. The molecule has 2 aliphatic rings. The van der Waals surface area contributed by atoms with E-state index >= 15 is 4.39 Å². The molecule has 2 aliphatic heterocycles. The monoisotopic (exact) mass is 569 g/mol. The van der Waals surface area contributed by atoms with Gasteiger partial charge >= 0.3 is 0 Å². The van der Waals surface area contributed by atoms with Crippen molar-refractivity contribution < 1.29 is 19.0 Å². The maximum Gasteiger partial charge on any atom is 0.235 e. The number of hydrogen-bond acceptors (Lipinski definition) is 8. The van der Waals surface area contributed by atoms with Crippen molar-refractivity contribution in [2.24, 2.45) is 0 Å². The van der Waals surface area contributed by atoms with Gasteiger partial charge in [0.05, 0.1) is 35.1 Å². The Morgan fingerprint density at radius 2 is 2.08 bits per heavy atom. The molecule has 0 saturated carbocycles. The summed E-state index contributed by atoms with van der Waals surface area (Å²) < 4.78 is 20.3. The second-order valence-corrected chi connectivity index (χ2v) is 9.84. The van der Waals surface area contributed by atoms with Crippen LogP contribution in [-0.2, 0) is 11.3 Å². The summed E-state index contributed by atoms with van der Waals surface area (Å²) in [5, 5.41) is 17.9. The number of aliphatic hydroxyl groups is 1. The van der Waals surface area contributed by atoms with Crippen molar-refractivity contribution in [3.05, 3.63) is 53.7 Å². The molecule has 3 N–H and O–H groups in total. The number of amides is 1. The van der Waals surface area contributed by atoms with E-state index in [1.807, 2.05) is 41.3 Å². The first-order valence-corrected chi connectivity index (χ1v) is 12.6. The van der Waals surface area contributed by atoms with Crippen molar-refractivity contribution in [1.82, 2.24) is 20.2 Å². The number of carbonyl (C=O) groups excluding carboxylic acids is 1. The number of para-hydroxylation sites is 1. The van der Waals surface area contributed by atoms with Crippen LogP contribution in [0.25, 0.3) is 10.9 Å². The first kappa shape index (κ1) is 29.3. The number of piperidine rings is 1. The molecule has 1 unspecified atom stereocenters. The molecule has 3 aromatic rings. The van der Waals surface area contributed by atoms with Gasteiger partial charge in [-0.3, -0.25) is 9.69 Å². The number of rotatable bonds is 7. The Balaban J connectivity index is 0.00000190. The number of likely N-dealkylation sites (tertiary alicyclic amines) is 1. The number of carbonyl (C=O) groups is 1. The van der Waals surface area contributed by atoms with Crippen LogP contribution in [0.2, 0.25) is 0 Å². The lowest BCUT2D eigenvalue weighted by Crippen LogP contribution is -2.51. The zero-order valence-corrected chi connectivity index (χ0v) is 22.7. The Labute approximate surface area is 231 Å². The summed E-state index contributed by atoms with van der Waals surface area (Å²) in [5.74, 6) is 1.40. The maximum absolute atomic E-state index is 15.0. The summed E-state index contributed by atoms with van der Waals surface area (Å²) in [6, 6.07) is 12.9. The summed E-state index contributed by atoms with van der Waals surface area (Å²) in [4.78, 5) is 23.5. The van der Waals surface area contributed by atoms with Crippen molar-refractivity contribution in [3.63, 3.8) is 0 Å². The number of pyridine rings is 2. The lowest BCUT2D eigenvalue weighted by Gasteiger charge is -2.36.